The minimum absolute atomic E-state index is 0.607. The Kier molecular flexibility index (Phi) is 4.43. The van der Waals surface area contributed by atoms with E-state index in [2.05, 4.69) is 12.2 Å². The Morgan fingerprint density at radius 3 is 2.65 bits per heavy atom. The SMILES string of the molecule is CCNCC1(CCCOc2ccccc2)CC1. The zero-order valence-electron chi connectivity index (χ0n) is 10.7. The number of hydrogen-bond donors (Lipinski definition) is 1. The van der Waals surface area contributed by atoms with Gasteiger partial charge in [-0.1, -0.05) is 25.1 Å². The number of rotatable bonds is 8. The highest BCUT2D eigenvalue weighted by molar-refractivity contribution is 5.20. The Morgan fingerprint density at radius 2 is 2.00 bits per heavy atom. The van der Waals surface area contributed by atoms with Crippen LogP contribution in [0, 0.1) is 5.41 Å². The van der Waals surface area contributed by atoms with Crippen LogP contribution in [0.5, 0.6) is 5.75 Å². The summed E-state index contributed by atoms with van der Waals surface area (Å²) in [6, 6.07) is 10.1. The molecule has 0 saturated heterocycles. The van der Waals surface area contributed by atoms with Crippen LogP contribution in [0.1, 0.15) is 32.6 Å². The lowest BCUT2D eigenvalue weighted by atomic mass is 10.0. The van der Waals surface area contributed by atoms with Crippen LogP contribution in [0.3, 0.4) is 0 Å². The molecule has 2 rings (SSSR count). The molecule has 0 amide bonds. The van der Waals surface area contributed by atoms with Gasteiger partial charge in [0, 0.05) is 6.54 Å². The minimum atomic E-state index is 0.607. The van der Waals surface area contributed by atoms with Gasteiger partial charge in [-0.2, -0.15) is 0 Å². The molecule has 17 heavy (non-hydrogen) atoms. The average Bonchev–Trinajstić information content (AvgIpc) is 3.14. The predicted molar refractivity (Wildman–Crippen MR) is 71.4 cm³/mol. The second kappa shape index (κ2) is 6.06. The van der Waals surface area contributed by atoms with Crippen molar-refractivity contribution in [2.24, 2.45) is 5.41 Å². The van der Waals surface area contributed by atoms with Crippen molar-refractivity contribution in [1.82, 2.24) is 5.32 Å². The van der Waals surface area contributed by atoms with Gasteiger partial charge >= 0.3 is 0 Å². The van der Waals surface area contributed by atoms with Gasteiger partial charge in [-0.05, 0) is 49.8 Å². The predicted octanol–water partition coefficient (Wildman–Crippen LogP) is 3.24. The highest BCUT2D eigenvalue weighted by Crippen LogP contribution is 2.48. The lowest BCUT2D eigenvalue weighted by Crippen LogP contribution is -2.24. The van der Waals surface area contributed by atoms with E-state index in [1.54, 1.807) is 0 Å². The van der Waals surface area contributed by atoms with E-state index in [-0.39, 0.29) is 0 Å². The van der Waals surface area contributed by atoms with E-state index < -0.39 is 0 Å². The first-order valence-electron chi connectivity index (χ1n) is 6.73. The summed E-state index contributed by atoms with van der Waals surface area (Å²) in [5.41, 5.74) is 0.607. The molecule has 1 aromatic carbocycles. The van der Waals surface area contributed by atoms with Gasteiger partial charge < -0.3 is 10.1 Å². The van der Waals surface area contributed by atoms with Crippen LogP contribution >= 0.6 is 0 Å². The molecule has 2 heteroatoms. The fourth-order valence-corrected chi connectivity index (χ4v) is 2.24. The van der Waals surface area contributed by atoms with E-state index >= 15 is 0 Å². The highest BCUT2D eigenvalue weighted by Gasteiger charge is 2.40. The number of nitrogens with one attached hydrogen (secondary N) is 1. The summed E-state index contributed by atoms with van der Waals surface area (Å²) in [7, 11) is 0. The molecule has 0 spiro atoms. The molecule has 1 aliphatic rings. The Labute approximate surface area is 104 Å². The van der Waals surface area contributed by atoms with Crippen molar-refractivity contribution in [3.63, 3.8) is 0 Å². The van der Waals surface area contributed by atoms with Crippen LogP contribution in [-0.2, 0) is 0 Å². The van der Waals surface area contributed by atoms with Crippen molar-refractivity contribution >= 4 is 0 Å². The molecule has 1 N–H and O–H groups in total. The van der Waals surface area contributed by atoms with Crippen LogP contribution in [0.2, 0.25) is 0 Å². The Bertz CT molecular complexity index is 319. The van der Waals surface area contributed by atoms with E-state index in [4.69, 9.17) is 4.74 Å². The van der Waals surface area contributed by atoms with Crippen LogP contribution in [0.4, 0.5) is 0 Å². The minimum Gasteiger partial charge on any atom is -0.494 e. The summed E-state index contributed by atoms with van der Waals surface area (Å²) < 4.78 is 5.71. The molecule has 2 nitrogen and oxygen atoms in total. The molecule has 0 heterocycles. The number of ether oxygens (including phenoxy) is 1. The van der Waals surface area contributed by atoms with Crippen LogP contribution in [0.15, 0.2) is 30.3 Å². The summed E-state index contributed by atoms with van der Waals surface area (Å²) in [6.45, 7) is 5.30. The Balaban J connectivity index is 1.60. The summed E-state index contributed by atoms with van der Waals surface area (Å²) in [5, 5.41) is 3.47. The summed E-state index contributed by atoms with van der Waals surface area (Å²) in [4.78, 5) is 0. The maximum Gasteiger partial charge on any atom is 0.119 e. The monoisotopic (exact) mass is 233 g/mol. The van der Waals surface area contributed by atoms with Crippen molar-refractivity contribution < 1.29 is 4.74 Å². The molecular weight excluding hydrogens is 210 g/mol. The maximum atomic E-state index is 5.71. The van der Waals surface area contributed by atoms with E-state index in [9.17, 15) is 0 Å². The van der Waals surface area contributed by atoms with Gasteiger partial charge in [0.05, 0.1) is 6.61 Å². The van der Waals surface area contributed by atoms with E-state index in [1.165, 1.54) is 32.2 Å². The number of hydrogen-bond acceptors (Lipinski definition) is 2. The first-order valence-corrected chi connectivity index (χ1v) is 6.73. The molecule has 0 aromatic heterocycles. The molecule has 0 atom stereocenters. The van der Waals surface area contributed by atoms with Gasteiger partial charge in [0.2, 0.25) is 0 Å². The van der Waals surface area contributed by atoms with Crippen molar-refractivity contribution in [3.05, 3.63) is 30.3 Å². The molecule has 1 fully saturated rings. The van der Waals surface area contributed by atoms with Gasteiger partial charge in [0.15, 0.2) is 0 Å². The standard InChI is InChI=1S/C15H23NO/c1-2-16-13-15(10-11-15)9-6-12-17-14-7-4-3-5-8-14/h3-5,7-8,16H,2,6,9-13H2,1H3. The first kappa shape index (κ1) is 12.4. The van der Waals surface area contributed by atoms with Gasteiger partial charge in [-0.3, -0.25) is 0 Å². The summed E-state index contributed by atoms with van der Waals surface area (Å²) >= 11 is 0. The molecule has 1 aromatic rings. The average molecular weight is 233 g/mol. The quantitative estimate of drug-likeness (QED) is 0.696. The number of benzene rings is 1. The van der Waals surface area contributed by atoms with E-state index in [0.29, 0.717) is 5.41 Å². The molecular formula is C15H23NO. The normalized spacial score (nSPS) is 16.8. The van der Waals surface area contributed by atoms with Gasteiger partial charge in [-0.25, -0.2) is 0 Å². The van der Waals surface area contributed by atoms with Crippen LogP contribution in [-0.4, -0.2) is 19.7 Å². The highest BCUT2D eigenvalue weighted by atomic mass is 16.5. The topological polar surface area (TPSA) is 21.3 Å². The molecule has 0 aliphatic heterocycles. The van der Waals surface area contributed by atoms with Gasteiger partial charge in [-0.15, -0.1) is 0 Å². The van der Waals surface area contributed by atoms with Crippen LogP contribution < -0.4 is 10.1 Å². The second-order valence-electron chi connectivity index (χ2n) is 5.05. The molecule has 1 aliphatic carbocycles. The molecule has 0 unspecified atom stereocenters. The van der Waals surface area contributed by atoms with Gasteiger partial charge in [0.1, 0.15) is 5.75 Å². The van der Waals surface area contributed by atoms with Crippen molar-refractivity contribution in [2.45, 2.75) is 32.6 Å². The second-order valence-corrected chi connectivity index (χ2v) is 5.05. The lowest BCUT2D eigenvalue weighted by molar-refractivity contribution is 0.284. The molecule has 1 saturated carbocycles. The Hall–Kier alpha value is -1.02. The van der Waals surface area contributed by atoms with E-state index in [0.717, 1.165) is 18.9 Å². The Morgan fingerprint density at radius 1 is 1.24 bits per heavy atom. The summed E-state index contributed by atoms with van der Waals surface area (Å²) in [5.74, 6) is 0.990. The fraction of sp³-hybridized carbons (Fsp3) is 0.600. The van der Waals surface area contributed by atoms with Crippen molar-refractivity contribution in [1.29, 1.82) is 0 Å². The third-order valence-electron chi connectivity index (χ3n) is 3.57. The zero-order valence-corrected chi connectivity index (χ0v) is 10.7. The third kappa shape index (κ3) is 4.04. The smallest absolute Gasteiger partial charge is 0.119 e. The maximum absolute atomic E-state index is 5.71. The fourth-order valence-electron chi connectivity index (χ4n) is 2.24. The summed E-state index contributed by atoms with van der Waals surface area (Å²) in [6.07, 6.45) is 5.25. The van der Waals surface area contributed by atoms with Gasteiger partial charge in [0.25, 0.3) is 0 Å². The van der Waals surface area contributed by atoms with Crippen molar-refractivity contribution in [2.75, 3.05) is 19.7 Å². The largest absolute Gasteiger partial charge is 0.494 e. The lowest BCUT2D eigenvalue weighted by Gasteiger charge is -2.15. The van der Waals surface area contributed by atoms with Crippen molar-refractivity contribution in [3.8, 4) is 5.75 Å². The van der Waals surface area contributed by atoms with Crippen LogP contribution in [0.25, 0.3) is 0 Å². The number of para-hydroxylation sites is 1. The molecule has 0 radical (unpaired) electrons. The first-order chi connectivity index (χ1) is 8.35. The molecule has 0 bridgehead atoms. The zero-order chi connectivity index (χ0) is 12.0. The van der Waals surface area contributed by atoms with E-state index in [1.807, 2.05) is 30.3 Å². The third-order valence-corrected chi connectivity index (χ3v) is 3.57. The molecule has 94 valence electrons.